The number of halogens is 6. The Kier molecular flexibility index (Phi) is 8.31. The molecule has 1 N–H and O–H groups in total. The first-order chi connectivity index (χ1) is 15.5. The van der Waals surface area contributed by atoms with E-state index in [-0.39, 0.29) is 50.6 Å². The van der Waals surface area contributed by atoms with Crippen LogP contribution in [0.4, 0.5) is 4.79 Å². The van der Waals surface area contributed by atoms with E-state index in [2.05, 4.69) is 14.7 Å². The summed E-state index contributed by atoms with van der Waals surface area (Å²) in [7, 11) is 0. The predicted molar refractivity (Wildman–Crippen MR) is 125 cm³/mol. The van der Waals surface area contributed by atoms with Crippen LogP contribution in [0.5, 0.6) is 5.75 Å². The lowest BCUT2D eigenvalue weighted by atomic mass is 10.2. The number of carbonyl (C=O) groups is 2. The first kappa shape index (κ1) is 25.8. The number of ether oxygens (including phenoxy) is 3. The quantitative estimate of drug-likeness (QED) is 0.186. The second kappa shape index (κ2) is 10.6. The van der Waals surface area contributed by atoms with Gasteiger partial charge in [0.15, 0.2) is 10.9 Å². The number of aromatic nitrogens is 2. The van der Waals surface area contributed by atoms with Crippen LogP contribution in [0.15, 0.2) is 28.7 Å². The largest absolute Gasteiger partial charge is 0.513 e. The van der Waals surface area contributed by atoms with E-state index in [0.717, 1.165) is 0 Å². The van der Waals surface area contributed by atoms with Gasteiger partial charge in [-0.2, -0.15) is 4.98 Å². The Bertz CT molecular complexity index is 1170. The lowest BCUT2D eigenvalue weighted by Gasteiger charge is -2.11. The molecule has 0 aliphatic carbocycles. The summed E-state index contributed by atoms with van der Waals surface area (Å²) in [4.78, 5) is 30.4. The Morgan fingerprint density at radius 1 is 1.09 bits per heavy atom. The SMILES string of the molecule is CCOC(=O)c1[nH]c(Cl)c(-c2nc(Cl)c(-c3ccc(OC(=O)OCC(Cl)(Cl)Cl)cc3)o2)c1Cl. The maximum absolute atomic E-state index is 12.0. The zero-order valence-corrected chi connectivity index (χ0v) is 20.9. The van der Waals surface area contributed by atoms with Crippen molar-refractivity contribution in [1.29, 1.82) is 0 Å². The Morgan fingerprint density at radius 2 is 1.76 bits per heavy atom. The minimum absolute atomic E-state index is 0.00627. The minimum atomic E-state index is -1.76. The van der Waals surface area contributed by atoms with Gasteiger partial charge in [0.25, 0.3) is 0 Å². The molecule has 0 aliphatic heterocycles. The van der Waals surface area contributed by atoms with Crippen LogP contribution in [0.3, 0.4) is 0 Å². The monoisotopic (exact) mass is 574 g/mol. The van der Waals surface area contributed by atoms with E-state index in [9.17, 15) is 9.59 Å². The number of benzene rings is 1. The van der Waals surface area contributed by atoms with Crippen molar-refractivity contribution in [1.82, 2.24) is 9.97 Å². The van der Waals surface area contributed by atoms with Gasteiger partial charge >= 0.3 is 12.1 Å². The number of oxazole rings is 1. The molecular weight excluding hydrogens is 565 g/mol. The van der Waals surface area contributed by atoms with Gasteiger partial charge in [0.1, 0.15) is 23.2 Å². The number of nitrogens with zero attached hydrogens (tertiary/aromatic N) is 1. The number of nitrogens with one attached hydrogen (secondary N) is 1. The number of esters is 1. The molecule has 14 heteroatoms. The number of aromatic amines is 1. The van der Waals surface area contributed by atoms with Crippen molar-refractivity contribution >= 4 is 81.7 Å². The summed E-state index contributed by atoms with van der Waals surface area (Å²) in [6.45, 7) is 1.33. The van der Waals surface area contributed by atoms with Gasteiger partial charge < -0.3 is 23.6 Å². The van der Waals surface area contributed by atoms with E-state index >= 15 is 0 Å². The van der Waals surface area contributed by atoms with Crippen molar-refractivity contribution < 1.29 is 28.2 Å². The average Bonchev–Trinajstić information content (AvgIpc) is 3.25. The second-order valence-electron chi connectivity index (χ2n) is 6.14. The summed E-state index contributed by atoms with van der Waals surface area (Å²) >= 11 is 35.2. The maximum atomic E-state index is 12.0. The van der Waals surface area contributed by atoms with Crippen molar-refractivity contribution in [2.24, 2.45) is 0 Å². The molecule has 0 saturated carbocycles. The fraction of sp³-hybridized carbons (Fsp3) is 0.211. The Balaban J connectivity index is 1.80. The predicted octanol–water partition coefficient (Wildman–Crippen LogP) is 7.36. The van der Waals surface area contributed by atoms with E-state index in [1.165, 1.54) is 12.1 Å². The minimum Gasteiger partial charge on any atom is -0.461 e. The molecule has 2 heterocycles. The molecule has 1 aromatic carbocycles. The molecule has 0 atom stereocenters. The van der Waals surface area contributed by atoms with Crippen molar-refractivity contribution in [2.45, 2.75) is 10.7 Å². The first-order valence-electron chi connectivity index (χ1n) is 8.92. The van der Waals surface area contributed by atoms with Crippen LogP contribution < -0.4 is 4.74 Å². The smallest absolute Gasteiger partial charge is 0.461 e. The molecule has 0 aliphatic rings. The van der Waals surface area contributed by atoms with E-state index < -0.39 is 22.5 Å². The van der Waals surface area contributed by atoms with E-state index in [4.69, 9.17) is 83.5 Å². The van der Waals surface area contributed by atoms with Crippen LogP contribution in [0.2, 0.25) is 15.3 Å². The third-order valence-electron chi connectivity index (χ3n) is 3.84. The Morgan fingerprint density at radius 3 is 2.36 bits per heavy atom. The fourth-order valence-corrected chi connectivity index (χ4v) is 3.51. The van der Waals surface area contributed by atoms with Crippen molar-refractivity contribution in [3.05, 3.63) is 45.3 Å². The third kappa shape index (κ3) is 6.41. The summed E-state index contributed by atoms with van der Waals surface area (Å²) in [6.07, 6.45) is -1.05. The van der Waals surface area contributed by atoms with Crippen LogP contribution in [0, 0.1) is 0 Å². The number of carbonyl (C=O) groups excluding carboxylic acids is 2. The molecule has 8 nitrogen and oxygen atoms in total. The van der Waals surface area contributed by atoms with Gasteiger partial charge in [0.2, 0.25) is 9.68 Å². The summed E-state index contributed by atoms with van der Waals surface area (Å²) in [6, 6.07) is 6.02. The molecule has 0 amide bonds. The van der Waals surface area contributed by atoms with Crippen LogP contribution in [0.1, 0.15) is 17.4 Å². The van der Waals surface area contributed by atoms with Crippen LogP contribution >= 0.6 is 69.6 Å². The zero-order chi connectivity index (χ0) is 24.3. The number of rotatable bonds is 6. The summed E-state index contributed by atoms with van der Waals surface area (Å²) in [5.74, 6) is -0.369. The highest BCUT2D eigenvalue weighted by atomic mass is 35.6. The highest BCUT2D eigenvalue weighted by Crippen LogP contribution is 2.41. The number of H-pyrrole nitrogens is 1. The van der Waals surface area contributed by atoms with Gasteiger partial charge in [-0.3, -0.25) is 0 Å². The molecule has 0 saturated heterocycles. The molecule has 0 fully saturated rings. The molecule has 0 unspecified atom stereocenters. The van der Waals surface area contributed by atoms with Gasteiger partial charge in [-0.25, -0.2) is 9.59 Å². The topological polar surface area (TPSA) is 104 Å². The van der Waals surface area contributed by atoms with Crippen molar-refractivity contribution in [3.63, 3.8) is 0 Å². The number of hydrogen-bond acceptors (Lipinski definition) is 7. The summed E-state index contributed by atoms with van der Waals surface area (Å²) < 4.78 is 18.6. The van der Waals surface area contributed by atoms with E-state index in [1.54, 1.807) is 19.1 Å². The summed E-state index contributed by atoms with van der Waals surface area (Å²) in [5.41, 5.74) is 0.595. The van der Waals surface area contributed by atoms with Gasteiger partial charge in [0, 0.05) is 5.56 Å². The number of hydrogen-bond donors (Lipinski definition) is 1. The second-order valence-corrected chi connectivity index (χ2v) is 9.77. The van der Waals surface area contributed by atoms with E-state index in [0.29, 0.717) is 5.56 Å². The zero-order valence-electron chi connectivity index (χ0n) is 16.4. The van der Waals surface area contributed by atoms with Crippen LogP contribution in [-0.2, 0) is 9.47 Å². The first-order valence-corrected chi connectivity index (χ1v) is 11.2. The molecule has 33 heavy (non-hydrogen) atoms. The highest BCUT2D eigenvalue weighted by Gasteiger charge is 2.27. The molecule has 0 radical (unpaired) electrons. The normalized spacial score (nSPS) is 11.4. The molecule has 2 aromatic heterocycles. The summed E-state index contributed by atoms with van der Waals surface area (Å²) in [5, 5.41) is -0.00329. The van der Waals surface area contributed by atoms with Gasteiger partial charge in [-0.1, -0.05) is 69.6 Å². The number of alkyl halides is 3. The average molecular weight is 577 g/mol. The molecule has 176 valence electrons. The lowest BCUT2D eigenvalue weighted by Crippen LogP contribution is -2.19. The molecule has 3 aromatic rings. The molecule has 0 bridgehead atoms. The fourth-order valence-electron chi connectivity index (χ4n) is 2.51. The van der Waals surface area contributed by atoms with Crippen molar-refractivity contribution in [2.75, 3.05) is 13.2 Å². The van der Waals surface area contributed by atoms with Crippen LogP contribution in [0.25, 0.3) is 22.8 Å². The Labute approximate surface area is 216 Å². The Hall–Kier alpha value is -1.81. The standard InChI is InChI=1S/C19H12Cl6N2O6/c1-2-30-17(28)12-11(20)10(14(21)26-12)16-27-15(22)13(33-16)8-3-5-9(6-4-8)32-18(29)31-7-19(23,24)25/h3-6,26H,2,7H2,1H3. The maximum Gasteiger partial charge on any atom is 0.513 e. The van der Waals surface area contributed by atoms with E-state index in [1.807, 2.05) is 0 Å². The van der Waals surface area contributed by atoms with Crippen molar-refractivity contribution in [3.8, 4) is 28.5 Å². The van der Waals surface area contributed by atoms with Gasteiger partial charge in [-0.05, 0) is 31.2 Å². The third-order valence-corrected chi connectivity index (χ3v) is 5.09. The molecule has 3 rings (SSSR count). The highest BCUT2D eigenvalue weighted by molar-refractivity contribution is 6.67. The van der Waals surface area contributed by atoms with Gasteiger partial charge in [-0.15, -0.1) is 0 Å². The molecule has 0 spiro atoms. The molecular formula is C19H12Cl6N2O6. The van der Waals surface area contributed by atoms with Gasteiger partial charge in [0.05, 0.1) is 17.2 Å². The lowest BCUT2D eigenvalue weighted by molar-refractivity contribution is 0.0520. The van der Waals surface area contributed by atoms with Crippen LogP contribution in [-0.4, -0.2) is 39.1 Å².